The molecule has 0 aliphatic heterocycles. The zero-order chi connectivity index (χ0) is 13.0. The average molecular weight is 306 g/mol. The van der Waals surface area contributed by atoms with E-state index in [0.29, 0.717) is 6.54 Å². The number of nitrogens with two attached hydrogens (primary N) is 1. The van der Waals surface area contributed by atoms with Gasteiger partial charge in [-0.2, -0.15) is 0 Å². The van der Waals surface area contributed by atoms with E-state index in [0.717, 1.165) is 22.4 Å². The van der Waals surface area contributed by atoms with Crippen LogP contribution in [0, 0.1) is 0 Å². The number of nitrogens with zero attached hydrogens (tertiary/aromatic N) is 2. The molecule has 1 aromatic heterocycles. The molecule has 1 aromatic carbocycles. The van der Waals surface area contributed by atoms with E-state index in [2.05, 4.69) is 31.9 Å². The Balaban J connectivity index is 2.11. The van der Waals surface area contributed by atoms with Crippen LogP contribution in [-0.2, 0) is 13.1 Å². The third kappa shape index (κ3) is 3.09. The molecule has 0 fully saturated rings. The summed E-state index contributed by atoms with van der Waals surface area (Å²) in [6, 6.07) is 12.2. The highest BCUT2D eigenvalue weighted by atomic mass is 79.9. The van der Waals surface area contributed by atoms with Crippen molar-refractivity contribution in [1.82, 2.24) is 4.98 Å². The SMILES string of the molecule is CN(Cc1ccccc1Br)c1ccc(CN)cn1. The molecule has 4 heteroatoms. The third-order valence-corrected chi connectivity index (χ3v) is 3.57. The smallest absolute Gasteiger partial charge is 0.128 e. The number of hydrogen-bond donors (Lipinski definition) is 1. The van der Waals surface area contributed by atoms with Gasteiger partial charge in [0.25, 0.3) is 0 Å². The first-order valence-electron chi connectivity index (χ1n) is 5.80. The Bertz CT molecular complexity index is 511. The van der Waals surface area contributed by atoms with Gasteiger partial charge in [0.1, 0.15) is 5.82 Å². The first kappa shape index (κ1) is 13.1. The molecular formula is C14H16BrN3. The summed E-state index contributed by atoms with van der Waals surface area (Å²) in [5.74, 6) is 0.947. The molecule has 2 N–H and O–H groups in total. The lowest BCUT2D eigenvalue weighted by molar-refractivity contribution is 0.889. The van der Waals surface area contributed by atoms with Gasteiger partial charge in [-0.05, 0) is 23.3 Å². The fraction of sp³-hybridized carbons (Fsp3) is 0.214. The molecule has 0 saturated heterocycles. The molecule has 2 aromatic rings. The highest BCUT2D eigenvalue weighted by Gasteiger charge is 2.05. The predicted molar refractivity (Wildman–Crippen MR) is 78.4 cm³/mol. The topological polar surface area (TPSA) is 42.1 Å². The van der Waals surface area contributed by atoms with Gasteiger partial charge in [-0.15, -0.1) is 0 Å². The maximum atomic E-state index is 5.56. The normalized spacial score (nSPS) is 10.4. The van der Waals surface area contributed by atoms with Crippen molar-refractivity contribution in [2.75, 3.05) is 11.9 Å². The molecule has 0 atom stereocenters. The molecule has 0 saturated carbocycles. The lowest BCUT2D eigenvalue weighted by Gasteiger charge is -2.19. The van der Waals surface area contributed by atoms with Crippen LogP contribution in [0.5, 0.6) is 0 Å². The number of rotatable bonds is 4. The summed E-state index contributed by atoms with van der Waals surface area (Å²) in [7, 11) is 2.03. The van der Waals surface area contributed by atoms with Crippen LogP contribution in [0.25, 0.3) is 0 Å². The van der Waals surface area contributed by atoms with Crippen molar-refractivity contribution < 1.29 is 0 Å². The molecule has 94 valence electrons. The number of aromatic nitrogens is 1. The summed E-state index contributed by atoms with van der Waals surface area (Å²) >= 11 is 3.56. The van der Waals surface area contributed by atoms with Crippen LogP contribution in [0.1, 0.15) is 11.1 Å². The van der Waals surface area contributed by atoms with Crippen molar-refractivity contribution in [3.05, 3.63) is 58.2 Å². The van der Waals surface area contributed by atoms with Gasteiger partial charge in [-0.1, -0.05) is 40.2 Å². The molecule has 3 nitrogen and oxygen atoms in total. The van der Waals surface area contributed by atoms with E-state index in [-0.39, 0.29) is 0 Å². The third-order valence-electron chi connectivity index (χ3n) is 2.80. The molecule has 0 unspecified atom stereocenters. The molecule has 0 aliphatic rings. The molecule has 18 heavy (non-hydrogen) atoms. The molecule has 2 rings (SSSR count). The molecule has 0 aliphatic carbocycles. The van der Waals surface area contributed by atoms with Crippen molar-refractivity contribution in [3.8, 4) is 0 Å². The molecule has 1 heterocycles. The fourth-order valence-corrected chi connectivity index (χ4v) is 2.14. The van der Waals surface area contributed by atoms with Gasteiger partial charge in [0, 0.05) is 30.8 Å². The number of benzene rings is 1. The predicted octanol–water partition coefficient (Wildman–Crippen LogP) is 2.94. The Morgan fingerprint density at radius 1 is 1.22 bits per heavy atom. The summed E-state index contributed by atoms with van der Waals surface area (Å²) in [6.45, 7) is 1.34. The maximum Gasteiger partial charge on any atom is 0.128 e. The Morgan fingerprint density at radius 3 is 2.61 bits per heavy atom. The van der Waals surface area contributed by atoms with Crippen LogP contribution in [0.3, 0.4) is 0 Å². The minimum absolute atomic E-state index is 0.529. The van der Waals surface area contributed by atoms with Crippen LogP contribution in [-0.4, -0.2) is 12.0 Å². The van der Waals surface area contributed by atoms with E-state index in [1.54, 1.807) is 0 Å². The molecule has 0 amide bonds. The molecule has 0 bridgehead atoms. The van der Waals surface area contributed by atoms with Gasteiger partial charge in [-0.25, -0.2) is 4.98 Å². The highest BCUT2D eigenvalue weighted by molar-refractivity contribution is 9.10. The standard InChI is InChI=1S/C14H16BrN3/c1-18(10-12-4-2-3-5-13(12)15)14-7-6-11(8-16)9-17-14/h2-7,9H,8,10,16H2,1H3. The maximum absolute atomic E-state index is 5.56. The summed E-state index contributed by atoms with van der Waals surface area (Å²) < 4.78 is 1.12. The summed E-state index contributed by atoms with van der Waals surface area (Å²) in [4.78, 5) is 6.52. The quantitative estimate of drug-likeness (QED) is 0.944. The zero-order valence-corrected chi connectivity index (χ0v) is 11.9. The Kier molecular flexibility index (Phi) is 4.33. The van der Waals surface area contributed by atoms with E-state index >= 15 is 0 Å². The summed E-state index contributed by atoms with van der Waals surface area (Å²) in [5.41, 5.74) is 7.85. The molecule has 0 radical (unpaired) electrons. The van der Waals surface area contributed by atoms with E-state index in [9.17, 15) is 0 Å². The van der Waals surface area contributed by atoms with E-state index in [1.165, 1.54) is 5.56 Å². The second-order valence-electron chi connectivity index (χ2n) is 4.18. The Hall–Kier alpha value is -1.39. The number of halogens is 1. The zero-order valence-electron chi connectivity index (χ0n) is 10.3. The Morgan fingerprint density at radius 2 is 2.00 bits per heavy atom. The van der Waals surface area contributed by atoms with Gasteiger partial charge in [0.15, 0.2) is 0 Å². The van der Waals surface area contributed by atoms with Gasteiger partial charge < -0.3 is 10.6 Å². The highest BCUT2D eigenvalue weighted by Crippen LogP contribution is 2.19. The second kappa shape index (κ2) is 5.98. The number of hydrogen-bond acceptors (Lipinski definition) is 3. The van der Waals surface area contributed by atoms with Crippen molar-refractivity contribution in [2.24, 2.45) is 5.73 Å². The second-order valence-corrected chi connectivity index (χ2v) is 5.03. The van der Waals surface area contributed by atoms with Crippen LogP contribution in [0.4, 0.5) is 5.82 Å². The Labute approximate surface area is 116 Å². The minimum atomic E-state index is 0.529. The molecule has 0 spiro atoms. The van der Waals surface area contributed by atoms with Crippen LogP contribution in [0.15, 0.2) is 47.1 Å². The van der Waals surface area contributed by atoms with Gasteiger partial charge in [-0.3, -0.25) is 0 Å². The van der Waals surface area contributed by atoms with Crippen molar-refractivity contribution >= 4 is 21.7 Å². The van der Waals surface area contributed by atoms with Crippen LogP contribution in [0.2, 0.25) is 0 Å². The minimum Gasteiger partial charge on any atom is -0.355 e. The monoisotopic (exact) mass is 305 g/mol. The van der Waals surface area contributed by atoms with Gasteiger partial charge in [0.05, 0.1) is 0 Å². The first-order chi connectivity index (χ1) is 8.70. The number of anilines is 1. The van der Waals surface area contributed by atoms with Gasteiger partial charge >= 0.3 is 0 Å². The summed E-state index contributed by atoms with van der Waals surface area (Å²) in [6.07, 6.45) is 1.83. The van der Waals surface area contributed by atoms with E-state index < -0.39 is 0 Å². The average Bonchev–Trinajstić information content (AvgIpc) is 2.41. The first-order valence-corrected chi connectivity index (χ1v) is 6.59. The van der Waals surface area contributed by atoms with Crippen molar-refractivity contribution in [2.45, 2.75) is 13.1 Å². The number of pyridine rings is 1. The van der Waals surface area contributed by atoms with Crippen molar-refractivity contribution in [3.63, 3.8) is 0 Å². The van der Waals surface area contributed by atoms with Crippen LogP contribution < -0.4 is 10.6 Å². The largest absolute Gasteiger partial charge is 0.355 e. The molecular weight excluding hydrogens is 290 g/mol. The lowest BCUT2D eigenvalue weighted by Crippen LogP contribution is -2.18. The van der Waals surface area contributed by atoms with Crippen molar-refractivity contribution in [1.29, 1.82) is 0 Å². The lowest BCUT2D eigenvalue weighted by atomic mass is 10.2. The fourth-order valence-electron chi connectivity index (χ4n) is 1.73. The van der Waals surface area contributed by atoms with E-state index in [1.807, 2.05) is 43.6 Å². The summed E-state index contributed by atoms with van der Waals surface area (Å²) in [5, 5.41) is 0. The van der Waals surface area contributed by atoms with Crippen LogP contribution >= 0.6 is 15.9 Å². The van der Waals surface area contributed by atoms with E-state index in [4.69, 9.17) is 5.73 Å². The van der Waals surface area contributed by atoms with Gasteiger partial charge in [0.2, 0.25) is 0 Å².